The number of nitrogens with zero attached hydrogens (tertiary/aromatic N) is 4. The number of aromatic nitrogens is 4. The lowest BCUT2D eigenvalue weighted by Gasteiger charge is -2.61. The van der Waals surface area contributed by atoms with E-state index in [-0.39, 0.29) is 0 Å². The second-order valence-electron chi connectivity index (χ2n) is 7.31. The van der Waals surface area contributed by atoms with Gasteiger partial charge >= 0.3 is 0 Å². The van der Waals surface area contributed by atoms with Gasteiger partial charge in [-0.25, -0.2) is 14.6 Å². The van der Waals surface area contributed by atoms with Crippen molar-refractivity contribution in [3.05, 3.63) is 42.9 Å². The van der Waals surface area contributed by atoms with Crippen molar-refractivity contribution in [2.75, 3.05) is 11.9 Å². The first-order chi connectivity index (χ1) is 12.8. The maximum atomic E-state index is 5.96. The number of rotatable bonds is 5. The van der Waals surface area contributed by atoms with Gasteiger partial charge in [-0.15, -0.1) is 0 Å². The first-order valence-corrected chi connectivity index (χ1v) is 9.44. The molecular weight excluding hydrogens is 326 g/mol. The predicted molar refractivity (Wildman–Crippen MR) is 100 cm³/mol. The van der Waals surface area contributed by atoms with Gasteiger partial charge in [0.15, 0.2) is 5.65 Å². The van der Waals surface area contributed by atoms with Gasteiger partial charge < -0.3 is 10.1 Å². The van der Waals surface area contributed by atoms with E-state index in [2.05, 4.69) is 27.3 Å². The molecule has 0 aliphatic heterocycles. The third-order valence-electron chi connectivity index (χ3n) is 6.11. The van der Waals surface area contributed by atoms with E-state index < -0.39 is 0 Å². The van der Waals surface area contributed by atoms with E-state index in [9.17, 15) is 0 Å². The Labute approximate surface area is 152 Å². The van der Waals surface area contributed by atoms with E-state index in [1.807, 2.05) is 41.2 Å². The summed E-state index contributed by atoms with van der Waals surface area (Å²) in [6, 6.07) is 10.5. The largest absolute Gasteiger partial charge is 0.378 e. The number of hydrogen-bond donors (Lipinski definition) is 1. The lowest BCUT2D eigenvalue weighted by atomic mass is 9.51. The molecule has 0 bridgehead atoms. The van der Waals surface area contributed by atoms with Gasteiger partial charge in [-0.1, -0.05) is 24.6 Å². The molecule has 5 rings (SSSR count). The Kier molecular flexibility index (Phi) is 3.67. The average Bonchev–Trinajstić information content (AvgIpc) is 3.05. The van der Waals surface area contributed by atoms with Crippen LogP contribution in [0.3, 0.4) is 0 Å². The van der Waals surface area contributed by atoms with Crippen LogP contribution in [-0.2, 0) is 4.74 Å². The van der Waals surface area contributed by atoms with Crippen LogP contribution in [0.2, 0.25) is 0 Å². The molecule has 0 saturated heterocycles. The van der Waals surface area contributed by atoms with Crippen LogP contribution in [0.4, 0.5) is 5.82 Å². The smallest absolute Gasteiger partial charge is 0.168 e. The third kappa shape index (κ3) is 2.25. The maximum absolute atomic E-state index is 5.96. The Morgan fingerprint density at radius 1 is 1.23 bits per heavy atom. The fourth-order valence-electron chi connectivity index (χ4n) is 4.52. The zero-order valence-corrected chi connectivity index (χ0v) is 14.9. The van der Waals surface area contributed by atoms with Gasteiger partial charge in [0, 0.05) is 18.1 Å². The monoisotopic (exact) mass is 349 g/mol. The van der Waals surface area contributed by atoms with E-state index in [0.29, 0.717) is 17.6 Å². The third-order valence-corrected chi connectivity index (χ3v) is 6.11. The lowest BCUT2D eigenvalue weighted by Crippen LogP contribution is -2.64. The number of benzene rings is 1. The molecule has 2 aliphatic rings. The number of ether oxygens (including phenoxy) is 1. The van der Waals surface area contributed by atoms with E-state index >= 15 is 0 Å². The highest BCUT2D eigenvalue weighted by atomic mass is 16.5. The molecule has 0 radical (unpaired) electrons. The minimum atomic E-state index is 0.294. The Bertz CT molecular complexity index is 918. The predicted octanol–water partition coefficient (Wildman–Crippen LogP) is 3.58. The van der Waals surface area contributed by atoms with Crippen LogP contribution in [0.5, 0.6) is 0 Å². The molecule has 2 atom stereocenters. The van der Waals surface area contributed by atoms with Crippen LogP contribution in [0, 0.1) is 5.41 Å². The second kappa shape index (κ2) is 6.06. The summed E-state index contributed by atoms with van der Waals surface area (Å²) in [5.74, 6) is 0.878. The summed E-state index contributed by atoms with van der Waals surface area (Å²) in [6.45, 7) is 2.87. The number of hydrogen-bond acceptors (Lipinski definition) is 5. The van der Waals surface area contributed by atoms with Crippen LogP contribution in [0.25, 0.3) is 16.7 Å². The van der Waals surface area contributed by atoms with Crippen molar-refractivity contribution in [1.29, 1.82) is 0 Å². The molecule has 2 saturated carbocycles. The highest BCUT2D eigenvalue weighted by Crippen LogP contribution is 2.58. The standard InChI is InChI=1S/C20H23N5O/c1-2-26-17-11-16(20(17)9-6-10-20)24-18-15-12-23-25(19(15)22-13-21-18)14-7-4-3-5-8-14/h3-5,7-8,12-13,16-17H,2,6,9-11H2,1H3,(H,21,22,24). The van der Waals surface area contributed by atoms with Crippen LogP contribution in [0.1, 0.15) is 32.6 Å². The quantitative estimate of drug-likeness (QED) is 0.763. The summed E-state index contributed by atoms with van der Waals surface area (Å²) in [5, 5.41) is 9.19. The molecule has 2 heterocycles. The van der Waals surface area contributed by atoms with Crippen molar-refractivity contribution in [2.24, 2.45) is 5.41 Å². The molecule has 26 heavy (non-hydrogen) atoms. The van der Waals surface area contributed by atoms with Gasteiger partial charge in [-0.3, -0.25) is 0 Å². The molecular formula is C20H23N5O. The van der Waals surface area contributed by atoms with Crippen LogP contribution in [0.15, 0.2) is 42.9 Å². The molecule has 2 aliphatic carbocycles. The maximum Gasteiger partial charge on any atom is 0.168 e. The molecule has 2 unspecified atom stereocenters. The van der Waals surface area contributed by atoms with Crippen molar-refractivity contribution in [3.63, 3.8) is 0 Å². The summed E-state index contributed by atoms with van der Waals surface area (Å²) in [4.78, 5) is 8.98. The average molecular weight is 349 g/mol. The number of nitrogens with one attached hydrogen (secondary N) is 1. The Morgan fingerprint density at radius 3 is 2.81 bits per heavy atom. The lowest BCUT2D eigenvalue weighted by molar-refractivity contribution is -0.157. The molecule has 134 valence electrons. The van der Waals surface area contributed by atoms with E-state index in [1.54, 1.807) is 6.33 Å². The number of fused-ring (bicyclic) bond motifs is 1. The van der Waals surface area contributed by atoms with Crippen LogP contribution >= 0.6 is 0 Å². The molecule has 1 spiro atoms. The van der Waals surface area contributed by atoms with E-state index in [1.165, 1.54) is 19.3 Å². The Morgan fingerprint density at radius 2 is 2.08 bits per heavy atom. The van der Waals surface area contributed by atoms with Gasteiger partial charge in [-0.05, 0) is 38.3 Å². The summed E-state index contributed by atoms with van der Waals surface area (Å²) in [5.41, 5.74) is 2.13. The minimum absolute atomic E-state index is 0.294. The van der Waals surface area contributed by atoms with Crippen molar-refractivity contribution >= 4 is 16.9 Å². The van der Waals surface area contributed by atoms with Gasteiger partial charge in [0.2, 0.25) is 0 Å². The number of anilines is 1. The van der Waals surface area contributed by atoms with Crippen LogP contribution < -0.4 is 5.32 Å². The van der Waals surface area contributed by atoms with Gasteiger partial charge in [0.25, 0.3) is 0 Å². The highest BCUT2D eigenvalue weighted by Gasteiger charge is 2.59. The zero-order chi connectivity index (χ0) is 17.6. The number of para-hydroxylation sites is 1. The van der Waals surface area contributed by atoms with Crippen molar-refractivity contribution in [3.8, 4) is 5.69 Å². The topological polar surface area (TPSA) is 64.9 Å². The van der Waals surface area contributed by atoms with Crippen LogP contribution in [-0.4, -0.2) is 38.5 Å². The summed E-state index contributed by atoms with van der Waals surface area (Å²) < 4.78 is 7.83. The first-order valence-electron chi connectivity index (χ1n) is 9.44. The molecule has 2 fully saturated rings. The van der Waals surface area contributed by atoms with Gasteiger partial charge in [0.05, 0.1) is 23.4 Å². The summed E-state index contributed by atoms with van der Waals surface area (Å²) in [7, 11) is 0. The molecule has 6 nitrogen and oxygen atoms in total. The van der Waals surface area contributed by atoms with E-state index in [0.717, 1.165) is 35.6 Å². The Balaban J connectivity index is 1.45. The van der Waals surface area contributed by atoms with Gasteiger partial charge in [-0.2, -0.15) is 5.10 Å². The molecule has 1 aromatic carbocycles. The molecule has 0 amide bonds. The van der Waals surface area contributed by atoms with Crippen molar-refractivity contribution in [1.82, 2.24) is 19.7 Å². The second-order valence-corrected chi connectivity index (χ2v) is 7.31. The van der Waals surface area contributed by atoms with E-state index in [4.69, 9.17) is 4.74 Å². The SMILES string of the molecule is CCOC1CC(Nc2ncnc3c2cnn3-c2ccccc2)C12CCC2. The summed E-state index contributed by atoms with van der Waals surface area (Å²) >= 11 is 0. The molecule has 2 aromatic heterocycles. The first kappa shape index (κ1) is 15.8. The summed E-state index contributed by atoms with van der Waals surface area (Å²) in [6.07, 6.45) is 8.70. The fourth-order valence-corrected chi connectivity index (χ4v) is 4.52. The minimum Gasteiger partial charge on any atom is -0.378 e. The van der Waals surface area contributed by atoms with Gasteiger partial charge in [0.1, 0.15) is 12.1 Å². The zero-order valence-electron chi connectivity index (χ0n) is 14.9. The molecule has 1 N–H and O–H groups in total. The fraction of sp³-hybridized carbons (Fsp3) is 0.450. The highest BCUT2D eigenvalue weighted by molar-refractivity contribution is 5.87. The molecule has 3 aromatic rings. The normalized spacial score (nSPS) is 23.6. The van der Waals surface area contributed by atoms with Crippen molar-refractivity contribution in [2.45, 2.75) is 44.8 Å². The van der Waals surface area contributed by atoms with Crippen molar-refractivity contribution < 1.29 is 4.74 Å². The molecule has 6 heteroatoms. The Hall–Kier alpha value is -2.47.